The third-order valence-electron chi connectivity index (χ3n) is 3.19. The number of benzene rings is 1. The molecule has 0 aliphatic rings. The van der Waals surface area contributed by atoms with Crippen LogP contribution in [0.1, 0.15) is 11.7 Å². The SMILES string of the molecule is COc1ccc([C@@H](O)CNc2ncnc3nc[nH]c23)cc1. The van der Waals surface area contributed by atoms with Crippen LogP contribution in [0.2, 0.25) is 0 Å². The van der Waals surface area contributed by atoms with Crippen molar-refractivity contribution in [1.82, 2.24) is 19.9 Å². The number of anilines is 1. The van der Waals surface area contributed by atoms with E-state index in [2.05, 4.69) is 25.3 Å². The standard InChI is InChI=1S/C14H15N5O2/c1-21-10-4-2-9(3-5-10)11(20)6-15-13-12-14(17-7-16-12)19-8-18-13/h2-5,7-8,11,20H,6H2,1H3,(H2,15,16,17,18,19)/t11-/m0/s1. The minimum Gasteiger partial charge on any atom is -0.497 e. The van der Waals surface area contributed by atoms with Crippen molar-refractivity contribution in [3.63, 3.8) is 0 Å². The summed E-state index contributed by atoms with van der Waals surface area (Å²) in [7, 11) is 1.61. The highest BCUT2D eigenvalue weighted by molar-refractivity contribution is 5.81. The predicted molar refractivity (Wildman–Crippen MR) is 78.1 cm³/mol. The molecule has 0 saturated heterocycles. The fraction of sp³-hybridized carbons (Fsp3) is 0.214. The third kappa shape index (κ3) is 2.77. The van der Waals surface area contributed by atoms with Crippen molar-refractivity contribution in [3.8, 4) is 5.75 Å². The molecule has 1 atom stereocenters. The van der Waals surface area contributed by atoms with Crippen molar-refractivity contribution in [2.45, 2.75) is 6.10 Å². The summed E-state index contributed by atoms with van der Waals surface area (Å²) >= 11 is 0. The minimum atomic E-state index is -0.649. The molecule has 0 unspecified atom stereocenters. The summed E-state index contributed by atoms with van der Waals surface area (Å²) in [4.78, 5) is 15.2. The largest absolute Gasteiger partial charge is 0.497 e. The predicted octanol–water partition coefficient (Wildman–Crippen LogP) is 1.51. The highest BCUT2D eigenvalue weighted by atomic mass is 16.5. The topological polar surface area (TPSA) is 96.0 Å². The zero-order valence-corrected chi connectivity index (χ0v) is 11.4. The Bertz CT molecular complexity index is 726. The van der Waals surface area contributed by atoms with Crippen molar-refractivity contribution in [2.75, 3.05) is 19.0 Å². The smallest absolute Gasteiger partial charge is 0.182 e. The van der Waals surface area contributed by atoms with Crippen LogP contribution in [0.25, 0.3) is 11.2 Å². The molecule has 3 aromatic rings. The number of aliphatic hydroxyl groups is 1. The quantitative estimate of drug-likeness (QED) is 0.657. The van der Waals surface area contributed by atoms with Crippen molar-refractivity contribution in [3.05, 3.63) is 42.5 Å². The molecule has 0 aliphatic heterocycles. The molecule has 7 heteroatoms. The average molecular weight is 285 g/mol. The molecule has 0 aliphatic carbocycles. The number of aliphatic hydroxyl groups excluding tert-OH is 1. The maximum Gasteiger partial charge on any atom is 0.182 e. The van der Waals surface area contributed by atoms with Gasteiger partial charge in [0.2, 0.25) is 0 Å². The van der Waals surface area contributed by atoms with E-state index in [-0.39, 0.29) is 0 Å². The average Bonchev–Trinajstić information content (AvgIpc) is 3.02. The van der Waals surface area contributed by atoms with E-state index in [0.717, 1.165) is 16.8 Å². The first-order valence-corrected chi connectivity index (χ1v) is 6.48. The molecule has 0 saturated carbocycles. The molecule has 0 radical (unpaired) electrons. The fourth-order valence-corrected chi connectivity index (χ4v) is 2.04. The Labute approximate surface area is 121 Å². The van der Waals surface area contributed by atoms with Gasteiger partial charge in [0.05, 0.1) is 19.5 Å². The first kappa shape index (κ1) is 13.3. The van der Waals surface area contributed by atoms with Crippen LogP contribution in [0.5, 0.6) is 5.75 Å². The Kier molecular flexibility index (Phi) is 3.65. The molecular formula is C14H15N5O2. The van der Waals surface area contributed by atoms with Gasteiger partial charge < -0.3 is 20.1 Å². The van der Waals surface area contributed by atoms with Crippen molar-refractivity contribution in [1.29, 1.82) is 0 Å². The van der Waals surface area contributed by atoms with Gasteiger partial charge in [-0.25, -0.2) is 15.0 Å². The van der Waals surface area contributed by atoms with Crippen molar-refractivity contribution >= 4 is 17.0 Å². The molecule has 0 bridgehead atoms. The Morgan fingerprint density at radius 1 is 1.24 bits per heavy atom. The number of fused-ring (bicyclic) bond motifs is 1. The summed E-state index contributed by atoms with van der Waals surface area (Å²) in [5.74, 6) is 1.37. The zero-order valence-electron chi connectivity index (χ0n) is 11.4. The number of H-pyrrole nitrogens is 1. The number of ether oxygens (including phenoxy) is 1. The number of rotatable bonds is 5. The first-order chi connectivity index (χ1) is 10.3. The molecule has 2 aromatic heterocycles. The highest BCUT2D eigenvalue weighted by Crippen LogP contribution is 2.19. The second-order valence-electron chi connectivity index (χ2n) is 4.49. The Balaban J connectivity index is 1.70. The second kappa shape index (κ2) is 5.76. The van der Waals surface area contributed by atoms with Crippen LogP contribution in [0.15, 0.2) is 36.9 Å². The van der Waals surface area contributed by atoms with Crippen LogP contribution in [-0.2, 0) is 0 Å². The zero-order chi connectivity index (χ0) is 14.7. The lowest BCUT2D eigenvalue weighted by atomic mass is 10.1. The maximum absolute atomic E-state index is 10.2. The molecule has 2 heterocycles. The van der Waals surface area contributed by atoms with Crippen LogP contribution in [0, 0.1) is 0 Å². The Hall–Kier alpha value is -2.67. The number of imidazole rings is 1. The number of methoxy groups -OCH3 is 1. The maximum atomic E-state index is 10.2. The van der Waals surface area contributed by atoms with Gasteiger partial charge in [-0.05, 0) is 17.7 Å². The lowest BCUT2D eigenvalue weighted by Gasteiger charge is -2.13. The summed E-state index contributed by atoms with van der Waals surface area (Å²) in [5.41, 5.74) is 2.11. The van der Waals surface area contributed by atoms with Gasteiger partial charge in [-0.1, -0.05) is 12.1 Å². The number of nitrogens with zero attached hydrogens (tertiary/aromatic N) is 3. The van der Waals surface area contributed by atoms with Crippen molar-refractivity contribution in [2.24, 2.45) is 0 Å². The molecule has 0 spiro atoms. The molecule has 108 valence electrons. The van der Waals surface area contributed by atoms with Gasteiger partial charge in [-0.2, -0.15) is 0 Å². The van der Waals surface area contributed by atoms with E-state index in [1.165, 1.54) is 6.33 Å². The lowest BCUT2D eigenvalue weighted by Crippen LogP contribution is -2.13. The summed E-state index contributed by atoms with van der Waals surface area (Å²) in [6.07, 6.45) is 2.35. The second-order valence-corrected chi connectivity index (χ2v) is 4.49. The Morgan fingerprint density at radius 2 is 2.05 bits per heavy atom. The molecular weight excluding hydrogens is 270 g/mol. The minimum absolute atomic E-state index is 0.331. The van der Waals surface area contributed by atoms with E-state index >= 15 is 0 Å². The van der Waals surface area contributed by atoms with Gasteiger partial charge in [-0.3, -0.25) is 0 Å². The number of aromatic amines is 1. The third-order valence-corrected chi connectivity index (χ3v) is 3.19. The Morgan fingerprint density at radius 3 is 2.81 bits per heavy atom. The number of hydrogen-bond acceptors (Lipinski definition) is 6. The van der Waals surface area contributed by atoms with E-state index in [4.69, 9.17) is 4.74 Å². The monoisotopic (exact) mass is 285 g/mol. The molecule has 7 nitrogen and oxygen atoms in total. The van der Waals surface area contributed by atoms with Crippen LogP contribution in [0.3, 0.4) is 0 Å². The number of hydrogen-bond donors (Lipinski definition) is 3. The molecule has 0 fully saturated rings. The van der Waals surface area contributed by atoms with Gasteiger partial charge in [-0.15, -0.1) is 0 Å². The van der Waals surface area contributed by atoms with Gasteiger partial charge >= 0.3 is 0 Å². The summed E-state index contributed by atoms with van der Waals surface area (Å²) in [5, 5.41) is 13.3. The lowest BCUT2D eigenvalue weighted by molar-refractivity contribution is 0.191. The van der Waals surface area contributed by atoms with Crippen LogP contribution in [0.4, 0.5) is 5.82 Å². The molecule has 1 aromatic carbocycles. The van der Waals surface area contributed by atoms with Gasteiger partial charge in [0, 0.05) is 6.54 Å². The van der Waals surface area contributed by atoms with E-state index in [1.54, 1.807) is 13.4 Å². The summed E-state index contributed by atoms with van der Waals surface area (Å²) in [6, 6.07) is 7.29. The van der Waals surface area contributed by atoms with Gasteiger partial charge in [0.25, 0.3) is 0 Å². The van der Waals surface area contributed by atoms with Crippen LogP contribution < -0.4 is 10.1 Å². The van der Waals surface area contributed by atoms with Crippen LogP contribution in [-0.4, -0.2) is 38.7 Å². The first-order valence-electron chi connectivity index (χ1n) is 6.48. The summed E-state index contributed by atoms with van der Waals surface area (Å²) in [6.45, 7) is 0.331. The van der Waals surface area contributed by atoms with E-state index in [0.29, 0.717) is 18.0 Å². The fourth-order valence-electron chi connectivity index (χ4n) is 2.04. The van der Waals surface area contributed by atoms with E-state index in [9.17, 15) is 5.11 Å². The highest BCUT2D eigenvalue weighted by Gasteiger charge is 2.10. The molecule has 3 rings (SSSR count). The van der Waals surface area contributed by atoms with Gasteiger partial charge in [0.1, 0.15) is 17.6 Å². The van der Waals surface area contributed by atoms with E-state index < -0.39 is 6.10 Å². The molecule has 0 amide bonds. The van der Waals surface area contributed by atoms with E-state index in [1.807, 2.05) is 24.3 Å². The normalized spacial score (nSPS) is 12.3. The summed E-state index contributed by atoms with van der Waals surface area (Å²) < 4.78 is 5.09. The van der Waals surface area contributed by atoms with Crippen LogP contribution >= 0.6 is 0 Å². The van der Waals surface area contributed by atoms with Gasteiger partial charge in [0.15, 0.2) is 11.5 Å². The van der Waals surface area contributed by atoms with Crippen molar-refractivity contribution < 1.29 is 9.84 Å². The molecule has 3 N–H and O–H groups in total. The number of nitrogens with one attached hydrogen (secondary N) is 2. The molecule has 21 heavy (non-hydrogen) atoms. The number of aromatic nitrogens is 4.